The Labute approximate surface area is 171 Å². The van der Waals surface area contributed by atoms with Crippen molar-refractivity contribution in [1.29, 1.82) is 0 Å². The number of unbranched alkanes of at least 4 members (excludes halogenated alkanes) is 13. The van der Waals surface area contributed by atoms with Crippen LogP contribution in [0.3, 0.4) is 0 Å². The number of nitroso groups, excluding NO2 is 1. The van der Waals surface area contributed by atoms with E-state index in [1.54, 1.807) is 0 Å². The molecule has 0 atom stereocenters. The quantitative estimate of drug-likeness (QED) is 0.184. The van der Waals surface area contributed by atoms with Gasteiger partial charge < -0.3 is 4.90 Å². The van der Waals surface area contributed by atoms with Gasteiger partial charge in [-0.15, -0.1) is 21.9 Å². The van der Waals surface area contributed by atoms with Crippen LogP contribution in [0.5, 0.6) is 0 Å². The van der Waals surface area contributed by atoms with E-state index in [2.05, 4.69) is 17.0 Å². The van der Waals surface area contributed by atoms with Crippen molar-refractivity contribution in [3.8, 4) is 0 Å². The molecular formula is C22H39BrN2O. The number of halogens is 1. The highest BCUT2D eigenvalue weighted by Crippen LogP contribution is 2.14. The van der Waals surface area contributed by atoms with Gasteiger partial charge in [0, 0.05) is 18.9 Å². The van der Waals surface area contributed by atoms with Gasteiger partial charge in [0.1, 0.15) is 0 Å². The Hall–Kier alpha value is -0.900. The minimum atomic E-state index is 0. The predicted molar refractivity (Wildman–Crippen MR) is 119 cm³/mol. The van der Waals surface area contributed by atoms with Crippen LogP contribution in [0.25, 0.3) is 0 Å². The third kappa shape index (κ3) is 14.3. The fourth-order valence-electron chi connectivity index (χ4n) is 3.25. The van der Waals surface area contributed by atoms with Crippen LogP contribution in [0.4, 0.5) is 0 Å². The first-order valence-corrected chi connectivity index (χ1v) is 10.5. The van der Waals surface area contributed by atoms with Gasteiger partial charge in [-0.1, -0.05) is 90.4 Å². The summed E-state index contributed by atoms with van der Waals surface area (Å²) in [6.07, 6.45) is 28.8. The Kier molecular flexibility index (Phi) is 18.2. The first kappa shape index (κ1) is 25.1. The van der Waals surface area contributed by atoms with Crippen LogP contribution < -0.4 is 0 Å². The largest absolute Gasteiger partial charge is 0.354 e. The molecule has 0 bridgehead atoms. The van der Waals surface area contributed by atoms with Crippen LogP contribution in [-0.2, 0) is 0 Å². The molecule has 150 valence electrons. The molecule has 0 N–H and O–H groups in total. The van der Waals surface area contributed by atoms with Crippen molar-refractivity contribution in [2.75, 3.05) is 6.54 Å². The van der Waals surface area contributed by atoms with E-state index in [9.17, 15) is 4.91 Å². The van der Waals surface area contributed by atoms with Gasteiger partial charge in [0.05, 0.1) is 6.20 Å². The summed E-state index contributed by atoms with van der Waals surface area (Å²) in [5.41, 5.74) is 0.868. The van der Waals surface area contributed by atoms with Crippen molar-refractivity contribution in [2.45, 2.75) is 96.8 Å². The molecule has 4 heteroatoms. The van der Waals surface area contributed by atoms with E-state index >= 15 is 0 Å². The van der Waals surface area contributed by atoms with Gasteiger partial charge in [0.25, 0.3) is 0 Å². The van der Waals surface area contributed by atoms with E-state index in [1.807, 2.05) is 24.6 Å². The lowest BCUT2D eigenvalue weighted by atomic mass is 10.0. The Balaban J connectivity index is 0.00000625. The predicted octanol–water partition coefficient (Wildman–Crippen LogP) is 8.04. The Morgan fingerprint density at radius 1 is 0.769 bits per heavy atom. The number of hydrogen-bond acceptors (Lipinski definition) is 3. The second-order valence-electron chi connectivity index (χ2n) is 7.20. The smallest absolute Gasteiger partial charge is 0.0788 e. The van der Waals surface area contributed by atoms with Crippen LogP contribution >= 0.6 is 17.0 Å². The van der Waals surface area contributed by atoms with Crippen LogP contribution in [0.15, 0.2) is 41.5 Å². The first-order valence-electron chi connectivity index (χ1n) is 10.5. The fraction of sp³-hybridized carbons (Fsp3) is 0.727. The summed E-state index contributed by atoms with van der Waals surface area (Å²) in [5.74, 6) is 0. The summed E-state index contributed by atoms with van der Waals surface area (Å²) in [6, 6.07) is 0. The van der Waals surface area contributed by atoms with E-state index in [0.717, 1.165) is 12.1 Å². The topological polar surface area (TPSA) is 32.7 Å². The molecule has 0 saturated heterocycles. The zero-order valence-electron chi connectivity index (χ0n) is 16.7. The maximum Gasteiger partial charge on any atom is 0.0788 e. The summed E-state index contributed by atoms with van der Waals surface area (Å²) < 4.78 is 0. The molecule has 1 aliphatic rings. The van der Waals surface area contributed by atoms with E-state index in [-0.39, 0.29) is 17.0 Å². The van der Waals surface area contributed by atoms with Crippen molar-refractivity contribution >= 4 is 17.0 Å². The molecule has 1 rings (SSSR count). The molecule has 0 saturated carbocycles. The molecule has 1 heterocycles. The molecule has 0 aromatic heterocycles. The molecule has 0 spiro atoms. The highest BCUT2D eigenvalue weighted by atomic mass is 79.9. The Morgan fingerprint density at radius 2 is 1.19 bits per heavy atom. The average Bonchev–Trinajstić information content (AvgIpc) is 2.63. The molecule has 1 aliphatic heterocycles. The zero-order chi connectivity index (χ0) is 18.0. The molecule has 0 unspecified atom stereocenters. The maximum atomic E-state index is 10.2. The second-order valence-corrected chi connectivity index (χ2v) is 7.20. The Bertz CT molecular complexity index is 402. The summed E-state index contributed by atoms with van der Waals surface area (Å²) in [4.78, 5) is 12.3. The van der Waals surface area contributed by atoms with Gasteiger partial charge in [0.2, 0.25) is 0 Å². The lowest BCUT2D eigenvalue weighted by Gasteiger charge is -2.18. The number of allylic oxidation sites excluding steroid dienone is 3. The lowest BCUT2D eigenvalue weighted by molar-refractivity contribution is 0.461. The lowest BCUT2D eigenvalue weighted by Crippen LogP contribution is -2.13. The van der Waals surface area contributed by atoms with Crippen molar-refractivity contribution in [3.05, 3.63) is 41.2 Å². The third-order valence-corrected chi connectivity index (χ3v) is 4.89. The van der Waals surface area contributed by atoms with Gasteiger partial charge >= 0.3 is 0 Å². The number of hydrogen-bond donors (Lipinski definition) is 0. The molecule has 0 fully saturated rings. The van der Waals surface area contributed by atoms with Crippen LogP contribution in [-0.4, -0.2) is 11.4 Å². The molecular weight excluding hydrogens is 388 g/mol. The maximum absolute atomic E-state index is 10.2. The molecule has 0 radical (unpaired) electrons. The standard InChI is InChI=1S/C22H38N2O.BrH/c1-2-3-4-5-6-7-8-9-10-11-12-13-14-15-18-24-19-16-22(17-20-24)21-23-25;/h16-17,19-21H,2-15,18H2,1H3;1H. The average molecular weight is 427 g/mol. The van der Waals surface area contributed by atoms with E-state index in [1.165, 1.54) is 96.1 Å². The Morgan fingerprint density at radius 3 is 1.62 bits per heavy atom. The van der Waals surface area contributed by atoms with Gasteiger partial charge in [-0.05, 0) is 29.3 Å². The molecule has 0 amide bonds. The van der Waals surface area contributed by atoms with Crippen molar-refractivity contribution in [1.82, 2.24) is 4.90 Å². The zero-order valence-corrected chi connectivity index (χ0v) is 18.4. The normalized spacial score (nSPS) is 13.0. The van der Waals surface area contributed by atoms with E-state index < -0.39 is 0 Å². The summed E-state index contributed by atoms with van der Waals surface area (Å²) in [6.45, 7) is 3.34. The van der Waals surface area contributed by atoms with Gasteiger partial charge in [-0.2, -0.15) is 0 Å². The van der Waals surface area contributed by atoms with Gasteiger partial charge in [-0.25, -0.2) is 0 Å². The fourth-order valence-corrected chi connectivity index (χ4v) is 3.25. The molecule has 26 heavy (non-hydrogen) atoms. The van der Waals surface area contributed by atoms with Crippen molar-refractivity contribution in [3.63, 3.8) is 0 Å². The SMILES string of the molecule is Br.CCCCCCCCCCCCCCCCN1C=CC(=CN=O)C=C1. The number of rotatable bonds is 16. The minimum Gasteiger partial charge on any atom is -0.354 e. The van der Waals surface area contributed by atoms with Crippen molar-refractivity contribution in [2.24, 2.45) is 5.18 Å². The molecule has 0 aromatic carbocycles. The molecule has 0 aromatic rings. The van der Waals surface area contributed by atoms with E-state index in [0.29, 0.717) is 0 Å². The van der Waals surface area contributed by atoms with E-state index in [4.69, 9.17) is 0 Å². The summed E-state index contributed by atoms with van der Waals surface area (Å²) in [5, 5.41) is 2.79. The van der Waals surface area contributed by atoms with Crippen LogP contribution in [0.2, 0.25) is 0 Å². The molecule has 3 nitrogen and oxygen atoms in total. The molecule has 0 aliphatic carbocycles. The highest BCUT2D eigenvalue weighted by molar-refractivity contribution is 8.93. The second kappa shape index (κ2) is 18.9. The third-order valence-electron chi connectivity index (χ3n) is 4.89. The summed E-state index contributed by atoms with van der Waals surface area (Å²) >= 11 is 0. The van der Waals surface area contributed by atoms with Crippen LogP contribution in [0, 0.1) is 4.91 Å². The number of nitrogens with zero attached hydrogens (tertiary/aromatic N) is 2. The highest BCUT2D eigenvalue weighted by Gasteiger charge is 2.00. The van der Waals surface area contributed by atoms with Crippen LogP contribution in [0.1, 0.15) is 96.8 Å². The van der Waals surface area contributed by atoms with Gasteiger partial charge in [0.15, 0.2) is 0 Å². The van der Waals surface area contributed by atoms with Gasteiger partial charge in [-0.3, -0.25) is 0 Å². The summed E-state index contributed by atoms with van der Waals surface area (Å²) in [7, 11) is 0. The first-order chi connectivity index (χ1) is 12.4. The minimum absolute atomic E-state index is 0. The monoisotopic (exact) mass is 426 g/mol. The van der Waals surface area contributed by atoms with Crippen molar-refractivity contribution < 1.29 is 0 Å².